The van der Waals surface area contributed by atoms with E-state index in [4.69, 9.17) is 13.4 Å². The number of hydrogen-bond donors (Lipinski definition) is 5. The fourth-order valence-electron chi connectivity index (χ4n) is 3.49. The van der Waals surface area contributed by atoms with E-state index in [9.17, 15) is 33.3 Å². The Morgan fingerprint density at radius 3 is 1.81 bits per heavy atom. The topological polar surface area (TPSA) is 200 Å². The standard InChI is InChI=1S/C18H9NO11S/c20-7-1-5-10(3-8(7)21)28-17(23)15-13(5)14-6-2-12(30-31(25,26)27)9(22)4-11(6)29-18(24)16(14)19-15/h1-4,19-22H,(H,25,26,27). The van der Waals surface area contributed by atoms with E-state index in [1.165, 1.54) is 0 Å². The lowest BCUT2D eigenvalue weighted by atomic mass is 10.0. The zero-order valence-electron chi connectivity index (χ0n) is 14.9. The fraction of sp³-hybridized carbons (Fsp3) is 0. The summed E-state index contributed by atoms with van der Waals surface area (Å²) >= 11 is 0. The molecule has 3 aromatic heterocycles. The number of aromatic amines is 1. The Morgan fingerprint density at radius 2 is 1.26 bits per heavy atom. The number of nitrogens with one attached hydrogen (secondary N) is 1. The molecule has 13 heteroatoms. The minimum Gasteiger partial charge on any atom is -0.504 e. The van der Waals surface area contributed by atoms with Crippen LogP contribution in [0.2, 0.25) is 0 Å². The highest BCUT2D eigenvalue weighted by Gasteiger charge is 2.22. The summed E-state index contributed by atoms with van der Waals surface area (Å²) in [6, 6.07) is 4.00. The summed E-state index contributed by atoms with van der Waals surface area (Å²) in [5, 5.41) is 29.9. The molecule has 3 heterocycles. The molecule has 5 aromatic rings. The van der Waals surface area contributed by atoms with Crippen LogP contribution in [0.15, 0.2) is 42.7 Å². The maximum atomic E-state index is 12.5. The normalized spacial score (nSPS) is 12.3. The molecular formula is C18H9NO11S. The Bertz CT molecular complexity index is 1810. The first kappa shape index (κ1) is 18.8. The van der Waals surface area contributed by atoms with Gasteiger partial charge in [-0.15, -0.1) is 0 Å². The quantitative estimate of drug-likeness (QED) is 0.150. The molecule has 0 saturated heterocycles. The van der Waals surface area contributed by atoms with Gasteiger partial charge in [0.05, 0.1) is 0 Å². The van der Waals surface area contributed by atoms with Crippen molar-refractivity contribution in [3.8, 4) is 23.0 Å². The van der Waals surface area contributed by atoms with E-state index in [2.05, 4.69) is 9.17 Å². The van der Waals surface area contributed by atoms with Crippen LogP contribution in [0.4, 0.5) is 0 Å². The molecule has 0 amide bonds. The van der Waals surface area contributed by atoms with Crippen molar-refractivity contribution in [2.24, 2.45) is 0 Å². The smallest absolute Gasteiger partial charge is 0.446 e. The van der Waals surface area contributed by atoms with Gasteiger partial charge in [0.1, 0.15) is 22.2 Å². The van der Waals surface area contributed by atoms with Crippen LogP contribution in [-0.2, 0) is 10.4 Å². The molecule has 0 radical (unpaired) electrons. The van der Waals surface area contributed by atoms with E-state index in [1.54, 1.807) is 0 Å². The van der Waals surface area contributed by atoms with E-state index >= 15 is 0 Å². The number of fused-ring (bicyclic) bond motifs is 7. The molecule has 0 fully saturated rings. The van der Waals surface area contributed by atoms with Gasteiger partial charge >= 0.3 is 21.7 Å². The number of benzene rings is 2. The number of phenolic OH excluding ortho intramolecular Hbond substituents is 3. The summed E-state index contributed by atoms with van der Waals surface area (Å²) in [7, 11) is -5.00. The van der Waals surface area contributed by atoms with Gasteiger partial charge in [-0.2, -0.15) is 8.42 Å². The van der Waals surface area contributed by atoms with Crippen molar-refractivity contribution >= 4 is 54.1 Å². The minimum absolute atomic E-state index is 0.0248. The minimum atomic E-state index is -5.00. The molecule has 158 valence electrons. The Labute approximate surface area is 169 Å². The van der Waals surface area contributed by atoms with Gasteiger partial charge in [-0.3, -0.25) is 4.55 Å². The first-order chi connectivity index (χ1) is 14.5. The number of hydrogen-bond acceptors (Lipinski definition) is 10. The van der Waals surface area contributed by atoms with E-state index in [-0.39, 0.29) is 43.7 Å². The summed E-state index contributed by atoms with van der Waals surface area (Å²) < 4.78 is 45.7. The van der Waals surface area contributed by atoms with Gasteiger partial charge in [-0.25, -0.2) is 9.59 Å². The Hall–Kier alpha value is -4.23. The molecule has 0 spiro atoms. The molecule has 12 nitrogen and oxygen atoms in total. The highest BCUT2D eigenvalue weighted by molar-refractivity contribution is 7.81. The maximum absolute atomic E-state index is 12.5. The number of phenols is 3. The lowest BCUT2D eigenvalue weighted by molar-refractivity contribution is 0.371. The summed E-state index contributed by atoms with van der Waals surface area (Å²) in [5.74, 6) is -2.50. The van der Waals surface area contributed by atoms with Crippen LogP contribution in [0.1, 0.15) is 0 Å². The van der Waals surface area contributed by atoms with E-state index in [0.29, 0.717) is 0 Å². The van der Waals surface area contributed by atoms with E-state index < -0.39 is 44.6 Å². The molecule has 2 aromatic carbocycles. The number of rotatable bonds is 2. The highest BCUT2D eigenvalue weighted by atomic mass is 32.3. The predicted octanol–water partition coefficient (Wildman–Crippen LogP) is 1.83. The monoisotopic (exact) mass is 447 g/mol. The van der Waals surface area contributed by atoms with Crippen LogP contribution in [-0.4, -0.2) is 33.3 Å². The van der Waals surface area contributed by atoms with Crippen molar-refractivity contribution in [1.82, 2.24) is 4.98 Å². The molecule has 0 bridgehead atoms. The first-order valence-electron chi connectivity index (χ1n) is 8.34. The molecule has 5 N–H and O–H groups in total. The number of H-pyrrole nitrogens is 1. The van der Waals surface area contributed by atoms with Crippen LogP contribution in [0, 0.1) is 0 Å². The van der Waals surface area contributed by atoms with Crippen LogP contribution in [0.25, 0.3) is 43.7 Å². The second-order valence-corrected chi connectivity index (χ2v) is 7.59. The lowest BCUT2D eigenvalue weighted by Gasteiger charge is -2.07. The van der Waals surface area contributed by atoms with E-state index in [1.807, 2.05) is 0 Å². The number of aromatic hydroxyl groups is 3. The van der Waals surface area contributed by atoms with Crippen LogP contribution in [0.3, 0.4) is 0 Å². The zero-order chi connectivity index (χ0) is 22.2. The van der Waals surface area contributed by atoms with Crippen LogP contribution >= 0.6 is 0 Å². The van der Waals surface area contributed by atoms with Gasteiger partial charge in [-0.1, -0.05) is 0 Å². The van der Waals surface area contributed by atoms with Crippen molar-refractivity contribution in [1.29, 1.82) is 0 Å². The highest BCUT2D eigenvalue weighted by Crippen LogP contribution is 2.40. The van der Waals surface area contributed by atoms with Gasteiger partial charge in [0.15, 0.2) is 23.0 Å². The lowest BCUT2D eigenvalue weighted by Crippen LogP contribution is -2.07. The maximum Gasteiger partial charge on any atom is 0.446 e. The van der Waals surface area contributed by atoms with Crippen LogP contribution < -0.4 is 15.4 Å². The van der Waals surface area contributed by atoms with E-state index in [0.717, 1.165) is 24.3 Å². The zero-order valence-corrected chi connectivity index (χ0v) is 15.7. The van der Waals surface area contributed by atoms with Crippen molar-refractivity contribution in [2.45, 2.75) is 0 Å². The third kappa shape index (κ3) is 2.75. The first-order valence-corrected chi connectivity index (χ1v) is 9.71. The van der Waals surface area contributed by atoms with Crippen molar-refractivity contribution in [3.63, 3.8) is 0 Å². The van der Waals surface area contributed by atoms with Gasteiger partial charge in [-0.05, 0) is 12.1 Å². The third-order valence-corrected chi connectivity index (χ3v) is 5.08. The molecule has 0 aliphatic rings. The number of aromatic nitrogens is 1. The predicted molar refractivity (Wildman–Crippen MR) is 105 cm³/mol. The largest absolute Gasteiger partial charge is 0.504 e. The summed E-state index contributed by atoms with van der Waals surface area (Å²) in [5.41, 5.74) is -2.48. The molecule has 0 aliphatic carbocycles. The second-order valence-electron chi connectivity index (χ2n) is 6.57. The molecular weight excluding hydrogens is 438 g/mol. The van der Waals surface area contributed by atoms with Crippen molar-refractivity contribution in [2.75, 3.05) is 0 Å². The average Bonchev–Trinajstić information content (AvgIpc) is 3.06. The average molecular weight is 447 g/mol. The molecule has 0 saturated carbocycles. The van der Waals surface area contributed by atoms with Gasteiger partial charge in [0.25, 0.3) is 0 Å². The Kier molecular flexibility index (Phi) is 3.57. The van der Waals surface area contributed by atoms with Gasteiger partial charge < -0.3 is 33.3 Å². The summed E-state index contributed by atoms with van der Waals surface area (Å²) in [6.07, 6.45) is 0. The molecule has 0 aliphatic heterocycles. The second kappa shape index (κ2) is 5.90. The Morgan fingerprint density at radius 1 is 0.774 bits per heavy atom. The summed E-state index contributed by atoms with van der Waals surface area (Å²) in [4.78, 5) is 27.5. The van der Waals surface area contributed by atoms with Gasteiger partial charge in [0.2, 0.25) is 0 Å². The molecule has 0 atom stereocenters. The SMILES string of the molecule is O=c1oc2cc(O)c(O)cc2c2c1[nH]c1c(=O)oc3cc(O)c(OS(=O)(=O)O)cc3c12. The van der Waals surface area contributed by atoms with Gasteiger partial charge in [0, 0.05) is 33.7 Å². The molecule has 0 unspecified atom stereocenters. The Balaban J connectivity index is 2.07. The third-order valence-electron chi connectivity index (χ3n) is 4.69. The molecule has 31 heavy (non-hydrogen) atoms. The summed E-state index contributed by atoms with van der Waals surface area (Å²) in [6.45, 7) is 0. The van der Waals surface area contributed by atoms with Crippen LogP contribution in [0.5, 0.6) is 23.0 Å². The van der Waals surface area contributed by atoms with Crippen molar-refractivity contribution in [3.05, 3.63) is 45.1 Å². The molecule has 5 rings (SSSR count). The fourth-order valence-corrected chi connectivity index (χ4v) is 3.85. The van der Waals surface area contributed by atoms with Crippen molar-refractivity contribution < 1.29 is 41.3 Å².